The summed E-state index contributed by atoms with van der Waals surface area (Å²) >= 11 is 0. The van der Waals surface area contributed by atoms with Crippen LogP contribution in [0.5, 0.6) is 0 Å². The Morgan fingerprint density at radius 1 is 0.297 bits per heavy atom. The first-order chi connectivity index (χ1) is 31.5. The summed E-state index contributed by atoms with van der Waals surface area (Å²) in [5.41, 5.74) is 20.8. The number of benzene rings is 6. The van der Waals surface area contributed by atoms with Gasteiger partial charge in [0.25, 0.3) is 0 Å². The average molecular weight is 845 g/mol. The van der Waals surface area contributed by atoms with Crippen LogP contribution in [0.1, 0.15) is 194 Å². The maximum Gasteiger partial charge on any atom is 0.194 e. The summed E-state index contributed by atoms with van der Waals surface area (Å²) < 4.78 is 0. The first kappa shape index (κ1) is 44.2. The van der Waals surface area contributed by atoms with E-state index in [1.807, 2.05) is 18.2 Å². The zero-order valence-corrected chi connectivity index (χ0v) is 39.6. The molecule has 0 radical (unpaired) electrons. The lowest BCUT2D eigenvalue weighted by Gasteiger charge is -2.34. The summed E-state index contributed by atoms with van der Waals surface area (Å²) in [7, 11) is 0. The van der Waals surface area contributed by atoms with Crippen molar-refractivity contribution < 1.29 is 4.79 Å². The van der Waals surface area contributed by atoms with Crippen LogP contribution in [-0.2, 0) is 10.8 Å². The molecule has 6 aromatic carbocycles. The SMILES string of the molecule is CCCCCCC1(CCCCCC)c2ccccc2-c2ccc(-c3ccc4c(c3)C(CCCCCC)(CCCCCC)c3cc(-c5ccc6c(c5)C(=O)c5ccccc5-6)ccc3-4)cc21. The van der Waals surface area contributed by atoms with Crippen LogP contribution in [0.3, 0.4) is 0 Å². The van der Waals surface area contributed by atoms with Crippen LogP contribution in [0.25, 0.3) is 55.6 Å². The molecule has 0 N–H and O–H groups in total. The Balaban J connectivity index is 1.15. The summed E-state index contributed by atoms with van der Waals surface area (Å²) in [6.07, 6.45) is 25.3. The van der Waals surface area contributed by atoms with Crippen LogP contribution in [-0.4, -0.2) is 5.78 Å². The first-order valence-corrected chi connectivity index (χ1v) is 25.8. The smallest absolute Gasteiger partial charge is 0.194 e. The molecule has 0 saturated carbocycles. The number of carbonyl (C=O) groups is 1. The van der Waals surface area contributed by atoms with Crippen molar-refractivity contribution >= 4 is 5.78 Å². The molecule has 1 heteroatoms. The van der Waals surface area contributed by atoms with Gasteiger partial charge >= 0.3 is 0 Å². The van der Waals surface area contributed by atoms with E-state index in [-0.39, 0.29) is 16.6 Å². The van der Waals surface area contributed by atoms with Crippen molar-refractivity contribution in [1.29, 1.82) is 0 Å². The van der Waals surface area contributed by atoms with Gasteiger partial charge in [0.15, 0.2) is 5.78 Å². The van der Waals surface area contributed by atoms with E-state index in [4.69, 9.17) is 0 Å². The van der Waals surface area contributed by atoms with E-state index in [2.05, 4.69) is 131 Å². The normalized spacial score (nSPS) is 14.5. The van der Waals surface area contributed by atoms with Gasteiger partial charge in [0.05, 0.1) is 0 Å². The summed E-state index contributed by atoms with van der Waals surface area (Å²) in [4.78, 5) is 13.7. The van der Waals surface area contributed by atoms with E-state index in [0.717, 1.165) is 27.8 Å². The molecule has 0 heterocycles. The minimum absolute atomic E-state index is 0.0593. The molecule has 0 saturated heterocycles. The minimum Gasteiger partial charge on any atom is -0.289 e. The highest BCUT2D eigenvalue weighted by Crippen LogP contribution is 2.58. The molecule has 64 heavy (non-hydrogen) atoms. The van der Waals surface area contributed by atoms with Crippen LogP contribution in [0.2, 0.25) is 0 Å². The van der Waals surface area contributed by atoms with Crippen LogP contribution in [0.15, 0.2) is 121 Å². The highest BCUT2D eigenvalue weighted by atomic mass is 16.1. The third kappa shape index (κ3) is 8.05. The van der Waals surface area contributed by atoms with Gasteiger partial charge in [0, 0.05) is 22.0 Å². The Morgan fingerprint density at radius 2 is 0.625 bits per heavy atom. The quantitative estimate of drug-likeness (QED) is 0.0621. The number of hydrogen-bond donors (Lipinski definition) is 0. The molecule has 0 unspecified atom stereocenters. The maximum atomic E-state index is 13.7. The molecule has 6 aromatic rings. The van der Waals surface area contributed by atoms with Gasteiger partial charge < -0.3 is 0 Å². The lowest BCUT2D eigenvalue weighted by Crippen LogP contribution is -2.26. The molecular weight excluding hydrogens is 773 g/mol. The lowest BCUT2D eigenvalue weighted by atomic mass is 9.69. The van der Waals surface area contributed by atoms with Gasteiger partial charge in [-0.3, -0.25) is 4.79 Å². The van der Waals surface area contributed by atoms with Crippen molar-refractivity contribution in [1.82, 2.24) is 0 Å². The van der Waals surface area contributed by atoms with Gasteiger partial charge in [-0.2, -0.15) is 0 Å². The van der Waals surface area contributed by atoms with Gasteiger partial charge in [-0.1, -0.05) is 227 Å². The van der Waals surface area contributed by atoms with E-state index in [1.165, 1.54) is 173 Å². The molecule has 330 valence electrons. The van der Waals surface area contributed by atoms with Gasteiger partial charge in [-0.25, -0.2) is 0 Å². The molecule has 3 aliphatic rings. The van der Waals surface area contributed by atoms with Gasteiger partial charge in [0.2, 0.25) is 0 Å². The van der Waals surface area contributed by atoms with Crippen molar-refractivity contribution in [2.24, 2.45) is 0 Å². The zero-order valence-electron chi connectivity index (χ0n) is 39.6. The van der Waals surface area contributed by atoms with E-state index in [9.17, 15) is 4.79 Å². The molecule has 0 amide bonds. The molecule has 0 aromatic heterocycles. The van der Waals surface area contributed by atoms with Crippen molar-refractivity contribution in [2.45, 2.75) is 167 Å². The van der Waals surface area contributed by atoms with Gasteiger partial charge in [0.1, 0.15) is 0 Å². The molecule has 9 rings (SSSR count). The molecule has 0 fully saturated rings. The summed E-state index contributed by atoms with van der Waals surface area (Å²) in [6.45, 7) is 9.34. The Bertz CT molecular complexity index is 2580. The van der Waals surface area contributed by atoms with E-state index in [1.54, 1.807) is 16.7 Å². The molecule has 0 atom stereocenters. The molecular formula is C63H72O. The Morgan fingerprint density at radius 3 is 1.06 bits per heavy atom. The fraction of sp³-hybridized carbons (Fsp3) is 0.413. The number of unbranched alkanes of at least 4 members (excludes halogenated alkanes) is 12. The maximum absolute atomic E-state index is 13.7. The molecule has 3 aliphatic carbocycles. The monoisotopic (exact) mass is 845 g/mol. The highest BCUT2D eigenvalue weighted by Gasteiger charge is 2.44. The summed E-state index contributed by atoms with van der Waals surface area (Å²) in [5.74, 6) is 0.149. The average Bonchev–Trinajstić information content (AvgIpc) is 3.89. The third-order valence-corrected chi connectivity index (χ3v) is 15.8. The predicted molar refractivity (Wildman–Crippen MR) is 274 cm³/mol. The molecule has 0 spiro atoms. The Kier molecular flexibility index (Phi) is 13.5. The number of fused-ring (bicyclic) bond motifs is 9. The molecule has 0 aliphatic heterocycles. The van der Waals surface area contributed by atoms with Crippen molar-refractivity contribution in [3.63, 3.8) is 0 Å². The topological polar surface area (TPSA) is 17.1 Å². The predicted octanol–water partition coefficient (Wildman–Crippen LogP) is 18.6. The van der Waals surface area contributed by atoms with E-state index < -0.39 is 0 Å². The summed E-state index contributed by atoms with van der Waals surface area (Å²) in [6, 6.07) is 46.6. The first-order valence-electron chi connectivity index (χ1n) is 25.8. The lowest BCUT2D eigenvalue weighted by molar-refractivity contribution is 0.104. The van der Waals surface area contributed by atoms with Gasteiger partial charge in [-0.15, -0.1) is 0 Å². The van der Waals surface area contributed by atoms with Crippen LogP contribution in [0, 0.1) is 0 Å². The van der Waals surface area contributed by atoms with Crippen LogP contribution in [0.4, 0.5) is 0 Å². The second-order valence-electron chi connectivity index (χ2n) is 19.9. The fourth-order valence-electron chi connectivity index (χ4n) is 12.4. The zero-order chi connectivity index (χ0) is 44.1. The highest BCUT2D eigenvalue weighted by molar-refractivity contribution is 6.22. The Labute approximate surface area is 386 Å². The second-order valence-corrected chi connectivity index (χ2v) is 19.9. The van der Waals surface area contributed by atoms with E-state index in [0.29, 0.717) is 0 Å². The second kappa shape index (κ2) is 19.6. The van der Waals surface area contributed by atoms with Gasteiger partial charge in [-0.05, 0) is 128 Å². The summed E-state index contributed by atoms with van der Waals surface area (Å²) in [5, 5.41) is 0. The Hall–Kier alpha value is -5.01. The largest absolute Gasteiger partial charge is 0.289 e. The minimum atomic E-state index is -0.0593. The number of ketones is 1. The fourth-order valence-corrected chi connectivity index (χ4v) is 12.4. The standard InChI is InChI=1S/C63H72O/c1-5-9-13-21-37-62(38-22-14-10-6-2)57-28-20-19-26-51(57)52-34-31-47(43-58(52)62)48-32-36-54-53-35-30-46(45-29-33-50-49-25-17-18-27-55(49)61(64)56(50)41-45)42-59(53)63(60(54)44-48,39-23-15-11-7-3)40-24-16-12-8-4/h17-20,25-36,41-44H,5-16,21-24,37-40H2,1-4H3. The van der Waals surface area contributed by atoms with E-state index >= 15 is 0 Å². The van der Waals surface area contributed by atoms with Crippen molar-refractivity contribution in [3.8, 4) is 55.6 Å². The van der Waals surface area contributed by atoms with Crippen LogP contribution < -0.4 is 0 Å². The van der Waals surface area contributed by atoms with Crippen molar-refractivity contribution in [3.05, 3.63) is 155 Å². The number of hydrogen-bond acceptors (Lipinski definition) is 1. The third-order valence-electron chi connectivity index (χ3n) is 15.8. The number of rotatable bonds is 22. The van der Waals surface area contributed by atoms with Crippen LogP contribution >= 0.6 is 0 Å². The molecule has 1 nitrogen and oxygen atoms in total. The molecule has 0 bridgehead atoms. The number of carbonyl (C=O) groups excluding carboxylic acids is 1. The van der Waals surface area contributed by atoms with Crippen molar-refractivity contribution in [2.75, 3.05) is 0 Å².